The second-order valence-electron chi connectivity index (χ2n) is 6.48. The lowest BCUT2D eigenvalue weighted by molar-refractivity contribution is -0.129. The number of rotatable bonds is 2. The minimum Gasteiger partial charge on any atom is -0.353 e. The van der Waals surface area contributed by atoms with Crippen molar-refractivity contribution >= 4 is 11.9 Å². The Morgan fingerprint density at radius 1 is 1.35 bits per heavy atom. The number of aromatic nitrogens is 2. The first-order chi connectivity index (χ1) is 9.36. The van der Waals surface area contributed by atoms with Crippen molar-refractivity contribution in [3.8, 4) is 0 Å². The fraction of sp³-hybridized carbons (Fsp3) is 0.667. The smallest absolute Gasteiger partial charge is 0.225 e. The number of carbonyl (C=O) groups excluding carboxylic acids is 1. The predicted molar refractivity (Wildman–Crippen MR) is 79.6 cm³/mol. The zero-order valence-corrected chi connectivity index (χ0v) is 12.8. The topological polar surface area (TPSA) is 58.1 Å². The van der Waals surface area contributed by atoms with Crippen molar-refractivity contribution in [3.05, 3.63) is 18.0 Å². The van der Waals surface area contributed by atoms with Crippen LogP contribution in [0.1, 0.15) is 39.3 Å². The van der Waals surface area contributed by atoms with Gasteiger partial charge in [-0.25, -0.2) is 9.97 Å². The van der Waals surface area contributed by atoms with Crippen molar-refractivity contribution in [1.82, 2.24) is 15.3 Å². The molecule has 2 rings (SSSR count). The number of aryl methyl sites for hydroxylation is 1. The number of hydrogen-bond donors (Lipinski definition) is 1. The lowest BCUT2D eigenvalue weighted by atomic mass is 9.94. The molecule has 1 amide bonds. The molecule has 5 heteroatoms. The number of amides is 1. The van der Waals surface area contributed by atoms with Crippen LogP contribution in [0, 0.1) is 12.3 Å². The molecule has 0 bridgehead atoms. The molecule has 0 spiro atoms. The first-order valence-electron chi connectivity index (χ1n) is 7.22. The third-order valence-corrected chi connectivity index (χ3v) is 3.58. The Morgan fingerprint density at radius 3 is 2.55 bits per heavy atom. The fourth-order valence-electron chi connectivity index (χ4n) is 2.21. The molecule has 20 heavy (non-hydrogen) atoms. The summed E-state index contributed by atoms with van der Waals surface area (Å²) in [5.74, 6) is 0.924. The second kappa shape index (κ2) is 5.77. The van der Waals surface area contributed by atoms with Gasteiger partial charge in [0.2, 0.25) is 11.9 Å². The van der Waals surface area contributed by atoms with Crippen LogP contribution in [0.3, 0.4) is 0 Å². The van der Waals surface area contributed by atoms with E-state index in [4.69, 9.17) is 0 Å². The van der Waals surface area contributed by atoms with Gasteiger partial charge in [0.05, 0.1) is 0 Å². The van der Waals surface area contributed by atoms with Gasteiger partial charge in [0, 0.05) is 36.4 Å². The van der Waals surface area contributed by atoms with Crippen LogP contribution in [0.2, 0.25) is 0 Å². The number of nitrogens with zero attached hydrogens (tertiary/aromatic N) is 3. The molecule has 0 unspecified atom stereocenters. The van der Waals surface area contributed by atoms with E-state index in [0.717, 1.165) is 37.6 Å². The molecular weight excluding hydrogens is 252 g/mol. The largest absolute Gasteiger partial charge is 0.353 e. The molecule has 0 atom stereocenters. The van der Waals surface area contributed by atoms with Crippen molar-refractivity contribution in [3.63, 3.8) is 0 Å². The number of anilines is 1. The summed E-state index contributed by atoms with van der Waals surface area (Å²) in [6.45, 7) is 9.58. The van der Waals surface area contributed by atoms with Crippen molar-refractivity contribution < 1.29 is 4.79 Å². The standard InChI is InChI=1S/C15H24N4O/c1-11-5-8-16-14(17-11)19-9-6-12(7-10-19)18-13(20)15(2,3)4/h5,8,12H,6-7,9-10H2,1-4H3,(H,18,20). The third kappa shape index (κ3) is 3.68. The molecule has 110 valence electrons. The van der Waals surface area contributed by atoms with Gasteiger partial charge in [0.15, 0.2) is 0 Å². The van der Waals surface area contributed by atoms with E-state index >= 15 is 0 Å². The SMILES string of the molecule is Cc1ccnc(N2CCC(NC(=O)C(C)(C)C)CC2)n1. The van der Waals surface area contributed by atoms with Gasteiger partial charge in [0.1, 0.15) is 0 Å². The van der Waals surface area contributed by atoms with Crippen LogP contribution in [-0.4, -0.2) is 35.0 Å². The van der Waals surface area contributed by atoms with Crippen LogP contribution in [0.25, 0.3) is 0 Å². The molecule has 0 aliphatic carbocycles. The molecule has 1 fully saturated rings. The number of carbonyl (C=O) groups is 1. The Labute approximate surface area is 120 Å². The first kappa shape index (κ1) is 14.8. The van der Waals surface area contributed by atoms with Gasteiger partial charge in [-0.2, -0.15) is 0 Å². The molecule has 1 aliphatic rings. The van der Waals surface area contributed by atoms with Crippen LogP contribution in [-0.2, 0) is 4.79 Å². The first-order valence-corrected chi connectivity index (χ1v) is 7.22. The van der Waals surface area contributed by atoms with Crippen molar-refractivity contribution in [2.45, 2.75) is 46.6 Å². The molecular formula is C15H24N4O. The van der Waals surface area contributed by atoms with Crippen molar-refractivity contribution in [2.24, 2.45) is 5.41 Å². The Hall–Kier alpha value is -1.65. The second-order valence-corrected chi connectivity index (χ2v) is 6.48. The average molecular weight is 276 g/mol. The molecule has 1 saturated heterocycles. The summed E-state index contributed by atoms with van der Waals surface area (Å²) in [4.78, 5) is 22.9. The van der Waals surface area contributed by atoms with Gasteiger partial charge in [0.25, 0.3) is 0 Å². The molecule has 1 aromatic rings. The van der Waals surface area contributed by atoms with E-state index in [0.29, 0.717) is 0 Å². The lowest BCUT2D eigenvalue weighted by Crippen LogP contribution is -2.48. The average Bonchev–Trinajstić information content (AvgIpc) is 2.38. The lowest BCUT2D eigenvalue weighted by Gasteiger charge is -2.33. The monoisotopic (exact) mass is 276 g/mol. The van der Waals surface area contributed by atoms with Gasteiger partial charge >= 0.3 is 0 Å². The summed E-state index contributed by atoms with van der Waals surface area (Å²) < 4.78 is 0. The molecule has 1 aromatic heterocycles. The maximum absolute atomic E-state index is 12.0. The maximum Gasteiger partial charge on any atom is 0.225 e. The minimum absolute atomic E-state index is 0.128. The summed E-state index contributed by atoms with van der Waals surface area (Å²) >= 11 is 0. The van der Waals surface area contributed by atoms with Crippen LogP contribution in [0.15, 0.2) is 12.3 Å². The number of piperidine rings is 1. The minimum atomic E-state index is -0.323. The zero-order chi connectivity index (χ0) is 14.8. The van der Waals surface area contributed by atoms with Gasteiger partial charge in [-0.15, -0.1) is 0 Å². The highest BCUT2D eigenvalue weighted by Crippen LogP contribution is 2.18. The Kier molecular flexibility index (Phi) is 4.26. The highest BCUT2D eigenvalue weighted by Gasteiger charge is 2.27. The Balaban J connectivity index is 1.88. The van der Waals surface area contributed by atoms with E-state index in [1.54, 1.807) is 6.20 Å². The van der Waals surface area contributed by atoms with Crippen LogP contribution in [0.4, 0.5) is 5.95 Å². The Morgan fingerprint density at radius 2 is 2.00 bits per heavy atom. The Bertz CT molecular complexity index is 473. The highest BCUT2D eigenvalue weighted by atomic mass is 16.2. The van der Waals surface area contributed by atoms with E-state index in [1.807, 2.05) is 33.8 Å². The normalized spacial score (nSPS) is 17.1. The van der Waals surface area contributed by atoms with Gasteiger partial charge in [-0.3, -0.25) is 4.79 Å². The van der Waals surface area contributed by atoms with Crippen LogP contribution in [0.5, 0.6) is 0 Å². The molecule has 0 saturated carbocycles. The molecule has 1 aliphatic heterocycles. The summed E-state index contributed by atoms with van der Waals surface area (Å²) in [7, 11) is 0. The summed E-state index contributed by atoms with van der Waals surface area (Å²) in [5, 5.41) is 3.14. The predicted octanol–water partition coefficient (Wildman–Crippen LogP) is 1.92. The zero-order valence-electron chi connectivity index (χ0n) is 12.8. The summed E-state index contributed by atoms with van der Waals surface area (Å²) in [6, 6.07) is 2.17. The van der Waals surface area contributed by atoms with E-state index in [1.165, 1.54) is 0 Å². The molecule has 5 nitrogen and oxygen atoms in total. The molecule has 1 N–H and O–H groups in total. The van der Waals surface area contributed by atoms with Crippen molar-refractivity contribution in [2.75, 3.05) is 18.0 Å². The van der Waals surface area contributed by atoms with Crippen LogP contribution >= 0.6 is 0 Å². The number of hydrogen-bond acceptors (Lipinski definition) is 4. The van der Waals surface area contributed by atoms with E-state index in [9.17, 15) is 4.79 Å². The van der Waals surface area contributed by atoms with Crippen molar-refractivity contribution in [1.29, 1.82) is 0 Å². The number of nitrogens with one attached hydrogen (secondary N) is 1. The highest BCUT2D eigenvalue weighted by molar-refractivity contribution is 5.81. The van der Waals surface area contributed by atoms with Gasteiger partial charge in [-0.05, 0) is 25.8 Å². The van der Waals surface area contributed by atoms with Gasteiger partial charge < -0.3 is 10.2 Å². The molecule has 0 aromatic carbocycles. The third-order valence-electron chi connectivity index (χ3n) is 3.58. The van der Waals surface area contributed by atoms with E-state index < -0.39 is 0 Å². The molecule has 0 radical (unpaired) electrons. The van der Waals surface area contributed by atoms with Gasteiger partial charge in [-0.1, -0.05) is 20.8 Å². The summed E-state index contributed by atoms with van der Waals surface area (Å²) in [6.07, 6.45) is 3.68. The fourth-order valence-corrected chi connectivity index (χ4v) is 2.21. The maximum atomic E-state index is 12.0. The van der Waals surface area contributed by atoms with E-state index in [2.05, 4.69) is 20.2 Å². The quantitative estimate of drug-likeness (QED) is 0.896. The van der Waals surface area contributed by atoms with E-state index in [-0.39, 0.29) is 17.4 Å². The molecule has 2 heterocycles. The van der Waals surface area contributed by atoms with Crippen LogP contribution < -0.4 is 10.2 Å². The summed E-state index contributed by atoms with van der Waals surface area (Å²) in [5.41, 5.74) is 0.662.